The fourth-order valence-corrected chi connectivity index (χ4v) is 10.7. The van der Waals surface area contributed by atoms with Crippen LogP contribution in [0.15, 0.2) is 110 Å². The van der Waals surface area contributed by atoms with Gasteiger partial charge >= 0.3 is 0 Å². The van der Waals surface area contributed by atoms with Gasteiger partial charge in [0.25, 0.3) is 8.32 Å². The number of nitrogens with two attached hydrogens (primary N) is 1. The lowest BCUT2D eigenvalue weighted by atomic mass is 9.99. The molecule has 7 nitrogen and oxygen atoms in total. The van der Waals surface area contributed by atoms with Gasteiger partial charge < -0.3 is 14.9 Å². The Bertz CT molecular complexity index is 1610. The van der Waals surface area contributed by atoms with Crippen molar-refractivity contribution in [3.8, 4) is 0 Å². The smallest absolute Gasteiger partial charge is 0.261 e. The fraction of sp³-hybridized carbons (Fsp3) is 0.265. The van der Waals surface area contributed by atoms with Gasteiger partial charge in [-0.3, -0.25) is 4.57 Å². The summed E-state index contributed by atoms with van der Waals surface area (Å²) in [6.07, 6.45) is 7.99. The average Bonchev–Trinajstić information content (AvgIpc) is 3.62. The zero-order valence-electron chi connectivity index (χ0n) is 24.3. The van der Waals surface area contributed by atoms with E-state index >= 15 is 0 Å². The minimum absolute atomic E-state index is 0.116. The number of nitrogen functional groups attached to an aromatic ring is 1. The van der Waals surface area contributed by atoms with Crippen molar-refractivity contribution in [2.45, 2.75) is 44.6 Å². The molecular weight excluding hydrogens is 538 g/mol. The van der Waals surface area contributed by atoms with Crippen LogP contribution in [0.25, 0.3) is 17.2 Å². The van der Waals surface area contributed by atoms with E-state index in [0.717, 1.165) is 12.0 Å². The van der Waals surface area contributed by atoms with Crippen molar-refractivity contribution in [3.63, 3.8) is 0 Å². The summed E-state index contributed by atoms with van der Waals surface area (Å²) in [4.78, 5) is 13.1. The van der Waals surface area contributed by atoms with Gasteiger partial charge in [-0.05, 0) is 21.0 Å². The first-order valence-corrected chi connectivity index (χ1v) is 16.3. The molecule has 8 heteroatoms. The molecule has 2 aromatic heterocycles. The van der Waals surface area contributed by atoms with Crippen molar-refractivity contribution in [1.29, 1.82) is 0 Å². The highest BCUT2D eigenvalue weighted by Gasteiger charge is 2.51. The van der Waals surface area contributed by atoms with Crippen LogP contribution in [0.2, 0.25) is 5.04 Å². The molecule has 3 atom stereocenters. The summed E-state index contributed by atoms with van der Waals surface area (Å²) in [6.45, 7) is 7.35. The van der Waals surface area contributed by atoms with Crippen LogP contribution in [-0.2, 0) is 9.16 Å². The second-order valence-electron chi connectivity index (χ2n) is 11.9. The quantitative estimate of drug-likeness (QED) is 0.242. The molecule has 0 spiro atoms. The van der Waals surface area contributed by atoms with Gasteiger partial charge in [0.05, 0.1) is 19.0 Å². The van der Waals surface area contributed by atoms with E-state index in [0.29, 0.717) is 23.6 Å². The van der Waals surface area contributed by atoms with Gasteiger partial charge in [0.15, 0.2) is 11.5 Å². The van der Waals surface area contributed by atoms with E-state index in [1.54, 1.807) is 6.33 Å². The Balaban J connectivity index is 1.36. The van der Waals surface area contributed by atoms with Gasteiger partial charge in [0.2, 0.25) is 0 Å². The van der Waals surface area contributed by atoms with Crippen molar-refractivity contribution in [2.75, 3.05) is 12.3 Å². The third kappa shape index (κ3) is 5.29. The van der Waals surface area contributed by atoms with Crippen LogP contribution in [0.3, 0.4) is 0 Å². The van der Waals surface area contributed by atoms with Crippen LogP contribution in [-0.4, -0.2) is 40.5 Å². The number of rotatable bonds is 8. The predicted octanol–water partition coefficient (Wildman–Crippen LogP) is 5.60. The molecule has 1 unspecified atom stereocenters. The van der Waals surface area contributed by atoms with Crippen LogP contribution in [0, 0.1) is 5.92 Å². The Morgan fingerprint density at radius 2 is 1.52 bits per heavy atom. The number of ether oxygens (including phenoxy) is 1. The summed E-state index contributed by atoms with van der Waals surface area (Å²) < 4.78 is 16.1. The number of anilines is 1. The molecule has 3 aromatic carbocycles. The van der Waals surface area contributed by atoms with Crippen molar-refractivity contribution < 1.29 is 9.16 Å². The van der Waals surface area contributed by atoms with E-state index < -0.39 is 8.32 Å². The highest BCUT2D eigenvalue weighted by molar-refractivity contribution is 6.99. The molecule has 1 aliphatic heterocycles. The summed E-state index contributed by atoms with van der Waals surface area (Å²) >= 11 is 0. The predicted molar refractivity (Wildman–Crippen MR) is 171 cm³/mol. The van der Waals surface area contributed by atoms with Crippen molar-refractivity contribution in [1.82, 2.24) is 19.5 Å². The molecule has 0 aliphatic carbocycles. The molecule has 0 radical (unpaired) electrons. The van der Waals surface area contributed by atoms with Crippen LogP contribution in [0.5, 0.6) is 0 Å². The number of benzene rings is 3. The van der Waals surface area contributed by atoms with E-state index in [9.17, 15) is 0 Å². The second kappa shape index (κ2) is 11.6. The molecular formula is C34H37N5O2Si. The molecule has 1 fully saturated rings. The number of fused-ring (bicyclic) bond motifs is 1. The van der Waals surface area contributed by atoms with E-state index in [-0.39, 0.29) is 23.3 Å². The van der Waals surface area contributed by atoms with E-state index in [1.807, 2.05) is 10.6 Å². The summed E-state index contributed by atoms with van der Waals surface area (Å²) in [5.41, 5.74) is 8.50. The summed E-state index contributed by atoms with van der Waals surface area (Å²) in [5.74, 6) is 0.480. The van der Waals surface area contributed by atoms with Crippen molar-refractivity contribution in [2.24, 2.45) is 5.92 Å². The van der Waals surface area contributed by atoms with Gasteiger partial charge in [-0.15, -0.1) is 0 Å². The van der Waals surface area contributed by atoms with Crippen LogP contribution >= 0.6 is 0 Å². The molecule has 1 saturated heterocycles. The molecule has 1 aliphatic rings. The monoisotopic (exact) mass is 575 g/mol. The first-order valence-electron chi connectivity index (χ1n) is 14.4. The topological polar surface area (TPSA) is 88.1 Å². The first-order chi connectivity index (χ1) is 20.4. The maximum Gasteiger partial charge on any atom is 0.261 e. The lowest BCUT2D eigenvalue weighted by molar-refractivity contribution is -0.0224. The molecule has 0 bridgehead atoms. The Labute approximate surface area is 248 Å². The van der Waals surface area contributed by atoms with Gasteiger partial charge in [0.1, 0.15) is 18.1 Å². The Kier molecular flexibility index (Phi) is 7.77. The van der Waals surface area contributed by atoms with Crippen molar-refractivity contribution in [3.05, 3.63) is 115 Å². The molecule has 3 heterocycles. The molecule has 42 heavy (non-hydrogen) atoms. The maximum atomic E-state index is 7.31. The van der Waals surface area contributed by atoms with Crippen LogP contribution in [0.4, 0.5) is 5.82 Å². The van der Waals surface area contributed by atoms with E-state index in [2.05, 4.69) is 133 Å². The van der Waals surface area contributed by atoms with E-state index in [1.165, 1.54) is 16.7 Å². The highest BCUT2D eigenvalue weighted by atomic mass is 28.4. The number of imidazole rings is 1. The Morgan fingerprint density at radius 3 is 2.14 bits per heavy atom. The maximum absolute atomic E-state index is 7.31. The Morgan fingerprint density at radius 1 is 0.905 bits per heavy atom. The minimum atomic E-state index is -2.73. The van der Waals surface area contributed by atoms with Crippen LogP contribution in [0.1, 0.15) is 39.0 Å². The van der Waals surface area contributed by atoms with Gasteiger partial charge in [-0.2, -0.15) is 0 Å². The normalized spacial score (nSPS) is 19.5. The number of nitrogens with zero attached hydrogens (tertiary/aromatic N) is 4. The lowest BCUT2D eigenvalue weighted by Crippen LogP contribution is -2.67. The van der Waals surface area contributed by atoms with E-state index in [4.69, 9.17) is 14.9 Å². The third-order valence-corrected chi connectivity index (χ3v) is 13.2. The lowest BCUT2D eigenvalue weighted by Gasteiger charge is -2.43. The highest BCUT2D eigenvalue weighted by Crippen LogP contribution is 2.40. The molecule has 0 amide bonds. The fourth-order valence-electron chi connectivity index (χ4n) is 6.14. The largest absolute Gasteiger partial charge is 0.405 e. The molecule has 6 rings (SSSR count). The summed E-state index contributed by atoms with van der Waals surface area (Å²) in [7, 11) is -2.73. The van der Waals surface area contributed by atoms with Gasteiger partial charge in [-0.1, -0.05) is 124 Å². The molecule has 2 N–H and O–H groups in total. The molecule has 5 aromatic rings. The summed E-state index contributed by atoms with van der Waals surface area (Å²) in [5, 5.41) is 2.38. The standard InChI is InChI=1S/C34H37N5O2Si/c1-34(2,3)42(27-15-9-5-10-16-27,28-17-11-6-12-18-28)40-22-29-26(20-19-25-13-7-4-8-14-25)21-30(41-29)39-24-38-31-32(35)36-23-37-33(31)39/h4-20,23-24,26,29-30H,21-22H2,1-3H3,(H2,35,36,37)/t26?,29-,30-/m1/s1. The molecule has 0 saturated carbocycles. The number of hydrogen-bond donors (Lipinski definition) is 1. The second-order valence-corrected chi connectivity index (χ2v) is 16.2. The zero-order valence-corrected chi connectivity index (χ0v) is 25.3. The minimum Gasteiger partial charge on any atom is -0.405 e. The summed E-state index contributed by atoms with van der Waals surface area (Å²) in [6, 6.07) is 31.8. The third-order valence-electron chi connectivity index (χ3n) is 8.20. The Hall–Kier alpha value is -4.11. The molecule has 214 valence electrons. The van der Waals surface area contributed by atoms with Gasteiger partial charge in [0, 0.05) is 12.3 Å². The number of aromatic nitrogens is 4. The van der Waals surface area contributed by atoms with Crippen LogP contribution < -0.4 is 16.1 Å². The first kappa shape index (κ1) is 28.0. The number of hydrogen-bond acceptors (Lipinski definition) is 6. The zero-order chi connectivity index (χ0) is 29.2. The van der Waals surface area contributed by atoms with Gasteiger partial charge in [-0.25, -0.2) is 15.0 Å². The average molecular weight is 576 g/mol. The SMILES string of the molecule is CC(C)(C)[Si](OC[C@H]1O[C@@H](n2cnc3c(N)ncnc32)CC1C=Cc1ccccc1)(c1ccccc1)c1ccccc1. The van der Waals surface area contributed by atoms with Crippen molar-refractivity contribution >= 4 is 41.7 Å².